The smallest absolute Gasteiger partial charge is 0.257 e. The van der Waals surface area contributed by atoms with E-state index in [2.05, 4.69) is 77.9 Å². The van der Waals surface area contributed by atoms with Crippen molar-refractivity contribution in [3.05, 3.63) is 58.3 Å². The maximum absolute atomic E-state index is 12.5. The number of hydrogen-bond acceptors (Lipinski definition) is 7. The molecule has 1 aromatic carbocycles. The summed E-state index contributed by atoms with van der Waals surface area (Å²) in [6.07, 6.45) is 3.28. The third-order valence-electron chi connectivity index (χ3n) is 8.55. The zero-order chi connectivity index (χ0) is 31.9. The molecule has 1 N–H and O–H groups in total. The van der Waals surface area contributed by atoms with Gasteiger partial charge in [-0.25, -0.2) is 0 Å². The molecule has 0 unspecified atom stereocenters. The molecule has 0 saturated heterocycles. The van der Waals surface area contributed by atoms with E-state index in [4.69, 9.17) is 19.4 Å². The SMILES string of the molecule is CC(C)(C)[Si](C)(C)OCCN(CCO[Si](C)(C)C(C)(C)C)c1ccc(/C=C/C2=C(C#N)C(=C(C#N)C#N)NC2=O)cc1. The molecule has 1 aliphatic rings. The van der Waals surface area contributed by atoms with Crippen LogP contribution in [0.4, 0.5) is 5.69 Å². The van der Waals surface area contributed by atoms with E-state index < -0.39 is 22.5 Å². The van der Waals surface area contributed by atoms with Crippen LogP contribution in [0.3, 0.4) is 0 Å². The summed E-state index contributed by atoms with van der Waals surface area (Å²) in [5.74, 6) is -0.521. The number of hydrogen-bond donors (Lipinski definition) is 1. The molecule has 1 amide bonds. The zero-order valence-electron chi connectivity index (χ0n) is 26.8. The first-order valence-corrected chi connectivity index (χ1v) is 20.0. The normalized spacial score (nSPS) is 14.5. The third-order valence-corrected chi connectivity index (χ3v) is 17.6. The number of anilines is 1. The largest absolute Gasteiger partial charge is 0.415 e. The van der Waals surface area contributed by atoms with Crippen LogP contribution in [0.25, 0.3) is 6.08 Å². The number of nitrogens with zero attached hydrogens (tertiary/aromatic N) is 4. The Morgan fingerprint density at radius 2 is 1.33 bits per heavy atom. The Morgan fingerprint density at radius 3 is 1.74 bits per heavy atom. The molecule has 8 nitrogen and oxygen atoms in total. The van der Waals surface area contributed by atoms with Crippen LogP contribution in [0.5, 0.6) is 0 Å². The second kappa shape index (κ2) is 13.7. The lowest BCUT2D eigenvalue weighted by Gasteiger charge is -2.38. The molecule has 1 aromatic rings. The number of amides is 1. The van der Waals surface area contributed by atoms with E-state index in [9.17, 15) is 10.1 Å². The van der Waals surface area contributed by atoms with Crippen molar-refractivity contribution in [3.8, 4) is 18.2 Å². The highest BCUT2D eigenvalue weighted by molar-refractivity contribution is 6.74. The molecule has 10 heteroatoms. The molecule has 42 heavy (non-hydrogen) atoms. The predicted octanol–water partition coefficient (Wildman–Crippen LogP) is 6.80. The van der Waals surface area contributed by atoms with E-state index in [1.54, 1.807) is 24.3 Å². The summed E-state index contributed by atoms with van der Waals surface area (Å²) in [7, 11) is -3.76. The van der Waals surface area contributed by atoms with Crippen molar-refractivity contribution in [2.75, 3.05) is 31.2 Å². The van der Waals surface area contributed by atoms with E-state index in [-0.39, 0.29) is 32.5 Å². The third kappa shape index (κ3) is 8.53. The number of nitrogens with one attached hydrogen (secondary N) is 1. The summed E-state index contributed by atoms with van der Waals surface area (Å²) in [5.41, 5.74) is 1.64. The zero-order valence-corrected chi connectivity index (χ0v) is 28.8. The van der Waals surface area contributed by atoms with E-state index >= 15 is 0 Å². The van der Waals surface area contributed by atoms with Crippen LogP contribution >= 0.6 is 0 Å². The molecule has 0 spiro atoms. The van der Waals surface area contributed by atoms with Gasteiger partial charge in [0.1, 0.15) is 18.2 Å². The van der Waals surface area contributed by atoms with Gasteiger partial charge in [0.25, 0.3) is 5.91 Å². The Balaban J connectivity index is 2.27. The first-order chi connectivity index (χ1) is 19.4. The van der Waals surface area contributed by atoms with Crippen molar-refractivity contribution < 1.29 is 13.6 Å². The Morgan fingerprint density at radius 1 is 0.857 bits per heavy atom. The average molecular weight is 604 g/mol. The molecular weight excluding hydrogens is 559 g/mol. The Bertz CT molecular complexity index is 1330. The molecule has 1 heterocycles. The number of carbonyl (C=O) groups excluding carboxylic acids is 1. The lowest BCUT2D eigenvalue weighted by molar-refractivity contribution is -0.115. The summed E-state index contributed by atoms with van der Waals surface area (Å²) in [6.45, 7) is 25.2. The van der Waals surface area contributed by atoms with Crippen molar-refractivity contribution in [2.45, 2.75) is 77.8 Å². The van der Waals surface area contributed by atoms with E-state index in [1.165, 1.54) is 0 Å². The number of carbonyl (C=O) groups is 1. The maximum atomic E-state index is 12.5. The van der Waals surface area contributed by atoms with Gasteiger partial charge in [-0.1, -0.05) is 59.8 Å². The van der Waals surface area contributed by atoms with Crippen molar-refractivity contribution in [2.24, 2.45) is 0 Å². The molecule has 0 saturated carbocycles. The van der Waals surface area contributed by atoms with Crippen LogP contribution in [0.15, 0.2) is 52.8 Å². The number of rotatable bonds is 11. The van der Waals surface area contributed by atoms with Crippen LogP contribution < -0.4 is 10.2 Å². The fourth-order valence-electron chi connectivity index (χ4n) is 3.69. The molecule has 0 radical (unpaired) electrons. The molecule has 2 rings (SSSR count). The van der Waals surface area contributed by atoms with Gasteiger partial charge < -0.3 is 19.1 Å². The van der Waals surface area contributed by atoms with Gasteiger partial charge in [-0.2, -0.15) is 15.8 Å². The lowest BCUT2D eigenvalue weighted by atomic mass is 10.1. The topological polar surface area (TPSA) is 122 Å². The molecule has 1 aliphatic heterocycles. The molecule has 0 bridgehead atoms. The average Bonchev–Trinajstić information content (AvgIpc) is 3.20. The summed E-state index contributed by atoms with van der Waals surface area (Å²) in [5, 5.41) is 30.6. The molecule has 0 atom stereocenters. The number of allylic oxidation sites excluding steroid dienone is 2. The molecule has 224 valence electrons. The van der Waals surface area contributed by atoms with Crippen LogP contribution in [0, 0.1) is 34.0 Å². The summed E-state index contributed by atoms with van der Waals surface area (Å²) >= 11 is 0. The summed E-state index contributed by atoms with van der Waals surface area (Å²) in [6, 6.07) is 13.4. The van der Waals surface area contributed by atoms with Gasteiger partial charge >= 0.3 is 0 Å². The van der Waals surface area contributed by atoms with E-state index in [0.717, 1.165) is 24.3 Å². The van der Waals surface area contributed by atoms with Gasteiger partial charge in [-0.05, 0) is 60.0 Å². The van der Waals surface area contributed by atoms with Gasteiger partial charge in [-0.15, -0.1) is 0 Å². The standard InChI is InChI=1S/C32H45N5O3Si2/c1-31(2,3)41(7,8)39-19-17-37(18-20-40-42(9,10)32(4,5)6)26-14-11-24(12-15-26)13-16-27-28(23-35)29(36-30(27)38)25(21-33)22-34/h11-16H,17-20H2,1-10H3,(H,36,38)/b16-13+. The van der Waals surface area contributed by atoms with Crippen molar-refractivity contribution in [3.63, 3.8) is 0 Å². The Hall–Kier alpha value is -3.47. The van der Waals surface area contributed by atoms with Crippen LogP contribution in [-0.2, 0) is 13.6 Å². The fourth-order valence-corrected chi connectivity index (χ4v) is 5.76. The van der Waals surface area contributed by atoms with Crippen molar-refractivity contribution in [1.29, 1.82) is 15.8 Å². The molecule has 0 fully saturated rings. The minimum atomic E-state index is -1.88. The van der Waals surface area contributed by atoms with E-state index in [0.29, 0.717) is 13.2 Å². The highest BCUT2D eigenvalue weighted by Crippen LogP contribution is 2.37. The predicted molar refractivity (Wildman–Crippen MR) is 173 cm³/mol. The minimum Gasteiger partial charge on any atom is -0.415 e. The molecule has 0 aliphatic carbocycles. The minimum absolute atomic E-state index is 0.0133. The van der Waals surface area contributed by atoms with Crippen LogP contribution in [-0.4, -0.2) is 48.8 Å². The highest BCUT2D eigenvalue weighted by atomic mass is 28.4. The van der Waals surface area contributed by atoms with Crippen LogP contribution in [0.1, 0.15) is 47.1 Å². The van der Waals surface area contributed by atoms with Crippen molar-refractivity contribution >= 4 is 34.3 Å². The maximum Gasteiger partial charge on any atom is 0.257 e. The quantitative estimate of drug-likeness (QED) is 0.218. The first-order valence-electron chi connectivity index (χ1n) is 14.2. The summed E-state index contributed by atoms with van der Waals surface area (Å²) < 4.78 is 13.0. The van der Waals surface area contributed by atoms with Gasteiger partial charge in [-0.3, -0.25) is 4.79 Å². The van der Waals surface area contributed by atoms with Gasteiger partial charge in [0.2, 0.25) is 0 Å². The van der Waals surface area contributed by atoms with Gasteiger partial charge in [0.05, 0.1) is 30.1 Å². The number of nitriles is 3. The van der Waals surface area contributed by atoms with Crippen LogP contribution in [0.2, 0.25) is 36.3 Å². The monoisotopic (exact) mass is 603 g/mol. The molecular formula is C32H45N5O3Si2. The van der Waals surface area contributed by atoms with Gasteiger partial charge in [0, 0.05) is 18.8 Å². The van der Waals surface area contributed by atoms with Gasteiger partial charge in [0.15, 0.2) is 22.2 Å². The number of benzene rings is 1. The fraction of sp³-hybridized carbons (Fsp3) is 0.500. The van der Waals surface area contributed by atoms with E-state index in [1.807, 2.05) is 30.3 Å². The lowest BCUT2D eigenvalue weighted by Crippen LogP contribution is -2.44. The van der Waals surface area contributed by atoms with Crippen molar-refractivity contribution in [1.82, 2.24) is 5.32 Å². The second-order valence-electron chi connectivity index (χ2n) is 13.5. The highest BCUT2D eigenvalue weighted by Gasteiger charge is 2.38. The summed E-state index contributed by atoms with van der Waals surface area (Å²) in [4.78, 5) is 14.8. The Kier molecular flexibility index (Phi) is 11.3. The second-order valence-corrected chi connectivity index (χ2v) is 23.1. The Labute approximate surface area is 254 Å². The first kappa shape index (κ1) is 34.7. The molecule has 0 aromatic heterocycles.